The number of nitriles is 1. The third kappa shape index (κ3) is 3.10. The van der Waals surface area contributed by atoms with Crippen LogP contribution in [0.1, 0.15) is 0 Å². The Hall–Kier alpha value is -2.46. The van der Waals surface area contributed by atoms with Crippen LogP contribution >= 0.6 is 15.9 Å². The average molecular weight is 333 g/mol. The smallest absolute Gasteiger partial charge is 0.313 e. The number of nitrogens with zero attached hydrogens (tertiary/aromatic N) is 2. The second kappa shape index (κ2) is 6.12. The first-order valence-electron chi connectivity index (χ1n) is 5.62. The molecule has 0 radical (unpaired) electrons. The molecule has 7 heteroatoms. The van der Waals surface area contributed by atoms with Crippen LogP contribution in [0.15, 0.2) is 34.9 Å². The largest absolute Gasteiger partial charge is 0.335 e. The van der Waals surface area contributed by atoms with Gasteiger partial charge in [-0.3, -0.25) is 14.6 Å². The van der Waals surface area contributed by atoms with Gasteiger partial charge in [0.2, 0.25) is 0 Å². The predicted molar refractivity (Wildman–Crippen MR) is 76.7 cm³/mol. The maximum absolute atomic E-state index is 11.7. The Kier molecular flexibility index (Phi) is 4.27. The number of hydrogen-bond donors (Lipinski definition) is 2. The van der Waals surface area contributed by atoms with E-state index < -0.39 is 11.8 Å². The van der Waals surface area contributed by atoms with Crippen molar-refractivity contribution >= 4 is 44.3 Å². The molecule has 2 amide bonds. The molecule has 6 nitrogen and oxygen atoms in total. The van der Waals surface area contributed by atoms with E-state index in [0.717, 1.165) is 9.86 Å². The molecule has 0 saturated heterocycles. The average Bonchev–Trinajstić information content (AvgIpc) is 2.44. The van der Waals surface area contributed by atoms with E-state index in [4.69, 9.17) is 5.26 Å². The van der Waals surface area contributed by atoms with Crippen LogP contribution in [0.25, 0.3) is 10.9 Å². The Bertz CT molecular complexity index is 724. The maximum atomic E-state index is 11.7. The summed E-state index contributed by atoms with van der Waals surface area (Å²) >= 11 is 3.31. The fourth-order valence-corrected chi connectivity index (χ4v) is 1.96. The number of carbonyl (C=O) groups excluding carboxylic acids is 2. The first-order chi connectivity index (χ1) is 9.61. The molecule has 1 aromatic heterocycles. The highest BCUT2D eigenvalue weighted by Crippen LogP contribution is 2.23. The molecule has 2 rings (SSSR count). The summed E-state index contributed by atoms with van der Waals surface area (Å²) in [6.07, 6.45) is 1.60. The van der Waals surface area contributed by atoms with E-state index in [1.807, 2.05) is 12.1 Å². The normalized spacial score (nSPS) is 9.80. The summed E-state index contributed by atoms with van der Waals surface area (Å²) in [6, 6.07) is 8.83. The molecule has 0 bridgehead atoms. The molecule has 2 aromatic rings. The van der Waals surface area contributed by atoms with Gasteiger partial charge in [0.05, 0.1) is 17.3 Å². The van der Waals surface area contributed by atoms with Crippen LogP contribution in [0.3, 0.4) is 0 Å². The van der Waals surface area contributed by atoms with Crippen LogP contribution in [0.5, 0.6) is 0 Å². The topological polar surface area (TPSA) is 94.9 Å². The molecule has 0 atom stereocenters. The van der Waals surface area contributed by atoms with Crippen LogP contribution in [-0.2, 0) is 9.59 Å². The van der Waals surface area contributed by atoms with Gasteiger partial charge < -0.3 is 10.6 Å². The van der Waals surface area contributed by atoms with Crippen molar-refractivity contribution in [3.05, 3.63) is 34.9 Å². The number of hydrogen-bond acceptors (Lipinski definition) is 4. The number of nitrogens with one attached hydrogen (secondary N) is 2. The van der Waals surface area contributed by atoms with Crippen molar-refractivity contribution in [2.24, 2.45) is 0 Å². The third-order valence-corrected chi connectivity index (χ3v) is 2.89. The highest BCUT2D eigenvalue weighted by atomic mass is 79.9. The Morgan fingerprint density at radius 3 is 2.90 bits per heavy atom. The van der Waals surface area contributed by atoms with Crippen molar-refractivity contribution < 1.29 is 9.59 Å². The predicted octanol–water partition coefficient (Wildman–Crippen LogP) is 1.58. The van der Waals surface area contributed by atoms with Crippen LogP contribution < -0.4 is 10.6 Å². The number of halogens is 1. The molecule has 100 valence electrons. The van der Waals surface area contributed by atoms with Crippen LogP contribution in [0.4, 0.5) is 5.69 Å². The summed E-state index contributed by atoms with van der Waals surface area (Å²) in [7, 11) is 0. The fourth-order valence-electron chi connectivity index (χ4n) is 1.61. The second-order valence-corrected chi connectivity index (χ2v) is 4.74. The number of benzene rings is 1. The van der Waals surface area contributed by atoms with Gasteiger partial charge in [-0.2, -0.15) is 5.26 Å². The minimum atomic E-state index is -0.860. The summed E-state index contributed by atoms with van der Waals surface area (Å²) in [5.74, 6) is -1.70. The lowest BCUT2D eigenvalue weighted by atomic mass is 10.2. The lowest BCUT2D eigenvalue weighted by molar-refractivity contribution is -0.136. The van der Waals surface area contributed by atoms with E-state index in [-0.39, 0.29) is 6.54 Å². The zero-order valence-corrected chi connectivity index (χ0v) is 11.8. The van der Waals surface area contributed by atoms with Crippen molar-refractivity contribution in [1.29, 1.82) is 5.26 Å². The van der Waals surface area contributed by atoms with E-state index in [2.05, 4.69) is 31.5 Å². The molecule has 0 aliphatic carbocycles. The monoisotopic (exact) mass is 332 g/mol. The van der Waals surface area contributed by atoms with Crippen LogP contribution in [0, 0.1) is 11.3 Å². The van der Waals surface area contributed by atoms with E-state index in [1.54, 1.807) is 24.4 Å². The summed E-state index contributed by atoms with van der Waals surface area (Å²) in [4.78, 5) is 27.3. The Morgan fingerprint density at radius 1 is 1.35 bits per heavy atom. The van der Waals surface area contributed by atoms with Gasteiger partial charge in [-0.25, -0.2) is 0 Å². The molecular weight excluding hydrogens is 324 g/mol. The van der Waals surface area contributed by atoms with E-state index in [1.165, 1.54) is 0 Å². The molecule has 0 saturated carbocycles. The van der Waals surface area contributed by atoms with Crippen molar-refractivity contribution in [1.82, 2.24) is 10.3 Å². The SMILES string of the molecule is N#CCNC(=O)C(=O)Nc1cccc2cc(Br)cnc12. The molecule has 1 aromatic carbocycles. The highest BCUT2D eigenvalue weighted by Gasteiger charge is 2.14. The molecular formula is C13H9BrN4O2. The minimum absolute atomic E-state index is 0.215. The van der Waals surface area contributed by atoms with Crippen molar-refractivity contribution in [2.45, 2.75) is 0 Å². The minimum Gasteiger partial charge on any atom is -0.335 e. The molecule has 0 aliphatic rings. The Balaban J connectivity index is 2.24. The summed E-state index contributed by atoms with van der Waals surface area (Å²) < 4.78 is 0.820. The van der Waals surface area contributed by atoms with Crippen molar-refractivity contribution in [2.75, 3.05) is 11.9 Å². The zero-order valence-electron chi connectivity index (χ0n) is 10.2. The number of aromatic nitrogens is 1. The molecule has 0 fully saturated rings. The molecule has 2 N–H and O–H groups in total. The van der Waals surface area contributed by atoms with Gasteiger partial charge in [0.15, 0.2) is 0 Å². The number of para-hydroxylation sites is 1. The van der Waals surface area contributed by atoms with E-state index >= 15 is 0 Å². The first-order valence-corrected chi connectivity index (χ1v) is 6.41. The number of pyridine rings is 1. The first kappa shape index (κ1) is 14.0. The second-order valence-electron chi connectivity index (χ2n) is 3.83. The fraction of sp³-hybridized carbons (Fsp3) is 0.0769. The summed E-state index contributed by atoms with van der Waals surface area (Å²) in [6.45, 7) is -0.215. The quantitative estimate of drug-likeness (QED) is 0.644. The van der Waals surface area contributed by atoms with Gasteiger partial charge in [0, 0.05) is 16.1 Å². The summed E-state index contributed by atoms with van der Waals surface area (Å²) in [5, 5.41) is 13.8. The Morgan fingerprint density at radius 2 is 2.15 bits per heavy atom. The van der Waals surface area contributed by atoms with Crippen LogP contribution in [-0.4, -0.2) is 23.3 Å². The van der Waals surface area contributed by atoms with Gasteiger partial charge >= 0.3 is 11.8 Å². The van der Waals surface area contributed by atoms with Gasteiger partial charge in [0.1, 0.15) is 6.54 Å². The summed E-state index contributed by atoms with van der Waals surface area (Å²) in [5.41, 5.74) is 1.02. The lowest BCUT2D eigenvalue weighted by Crippen LogP contribution is -2.35. The lowest BCUT2D eigenvalue weighted by Gasteiger charge is -2.07. The van der Waals surface area contributed by atoms with Gasteiger partial charge in [-0.1, -0.05) is 12.1 Å². The van der Waals surface area contributed by atoms with Crippen LogP contribution in [0.2, 0.25) is 0 Å². The third-order valence-electron chi connectivity index (χ3n) is 2.46. The maximum Gasteiger partial charge on any atom is 0.313 e. The van der Waals surface area contributed by atoms with Gasteiger partial charge in [0.25, 0.3) is 0 Å². The van der Waals surface area contributed by atoms with Gasteiger partial charge in [-0.15, -0.1) is 0 Å². The van der Waals surface area contributed by atoms with Gasteiger partial charge in [-0.05, 0) is 28.1 Å². The zero-order chi connectivity index (χ0) is 14.5. The molecule has 0 spiro atoms. The number of carbonyl (C=O) groups is 2. The molecule has 20 heavy (non-hydrogen) atoms. The molecule has 0 unspecified atom stereocenters. The van der Waals surface area contributed by atoms with Crippen molar-refractivity contribution in [3.63, 3.8) is 0 Å². The van der Waals surface area contributed by atoms with E-state index in [9.17, 15) is 9.59 Å². The molecule has 0 aliphatic heterocycles. The highest BCUT2D eigenvalue weighted by molar-refractivity contribution is 9.10. The Labute approximate surface area is 122 Å². The standard InChI is InChI=1S/C13H9BrN4O2/c14-9-6-8-2-1-3-10(11(8)17-7-9)18-13(20)12(19)16-5-4-15/h1-3,6-7H,5H2,(H,16,19)(H,18,20). The number of anilines is 1. The number of amides is 2. The number of rotatable bonds is 2. The van der Waals surface area contributed by atoms with Crippen molar-refractivity contribution in [3.8, 4) is 6.07 Å². The molecule has 1 heterocycles. The van der Waals surface area contributed by atoms with E-state index in [0.29, 0.717) is 11.2 Å². The number of fused-ring (bicyclic) bond motifs is 1.